The maximum Gasteiger partial charge on any atom is -0.00146 e. The van der Waals surface area contributed by atoms with Crippen molar-refractivity contribution in [3.8, 4) is 0 Å². The summed E-state index contributed by atoms with van der Waals surface area (Å²) in [5.41, 5.74) is 6.12. The summed E-state index contributed by atoms with van der Waals surface area (Å²) in [5.74, 6) is 0. The summed E-state index contributed by atoms with van der Waals surface area (Å²) in [7, 11) is 0. The second-order valence-corrected chi connectivity index (χ2v) is 2.83. The molecule has 0 saturated heterocycles. The Morgan fingerprint density at radius 1 is 1.00 bits per heavy atom. The van der Waals surface area contributed by atoms with Gasteiger partial charge >= 0.3 is 0 Å². The predicted octanol–water partition coefficient (Wildman–Crippen LogP) is 2.21. The fourth-order valence-electron chi connectivity index (χ4n) is 1.34. The first kappa shape index (κ1) is 5.04. The van der Waals surface area contributed by atoms with Crippen LogP contribution in [0.3, 0.4) is 0 Å². The molecule has 0 amide bonds. The van der Waals surface area contributed by atoms with Crippen LogP contribution in [0.5, 0.6) is 0 Å². The highest BCUT2D eigenvalue weighted by molar-refractivity contribution is 5.54. The molecule has 9 heavy (non-hydrogen) atoms. The van der Waals surface area contributed by atoms with E-state index in [1.165, 1.54) is 17.5 Å². The molecule has 1 aromatic carbocycles. The minimum atomic E-state index is 1.25. The Bertz CT molecular complexity index is 232. The van der Waals surface area contributed by atoms with Crippen LogP contribution in [0.15, 0.2) is 12.1 Å². The van der Waals surface area contributed by atoms with Gasteiger partial charge in [0.15, 0.2) is 0 Å². The van der Waals surface area contributed by atoms with E-state index >= 15 is 0 Å². The Labute approximate surface area is 55.5 Å². The molecule has 0 radical (unpaired) electrons. The Kier molecular flexibility index (Phi) is 0.774. The molecule has 0 nitrogen and oxygen atoms in total. The number of fused-ring (bicyclic) bond motifs is 1. The molecule has 0 aromatic heterocycles. The summed E-state index contributed by atoms with van der Waals surface area (Å²) in [5, 5.41) is 0. The van der Waals surface area contributed by atoms with Crippen LogP contribution < -0.4 is 0 Å². The molecule has 0 fully saturated rings. The first-order chi connectivity index (χ1) is 4.29. The zero-order valence-corrected chi connectivity index (χ0v) is 5.86. The van der Waals surface area contributed by atoms with E-state index in [1.807, 2.05) is 0 Å². The van der Waals surface area contributed by atoms with Crippen molar-refractivity contribution >= 4 is 0 Å². The van der Waals surface area contributed by atoms with Crippen LogP contribution >= 0.6 is 0 Å². The van der Waals surface area contributed by atoms with Crippen LogP contribution in [-0.4, -0.2) is 0 Å². The molecular formula is C9H10. The van der Waals surface area contributed by atoms with E-state index < -0.39 is 0 Å². The number of benzene rings is 1. The lowest BCUT2D eigenvalue weighted by atomic mass is 10.2. The maximum atomic E-state index is 2.21. The zero-order valence-electron chi connectivity index (χ0n) is 5.86. The molecule has 1 aromatic rings. The van der Waals surface area contributed by atoms with Crippen molar-refractivity contribution in [3.05, 3.63) is 34.4 Å². The van der Waals surface area contributed by atoms with E-state index in [0.29, 0.717) is 0 Å². The minimum Gasteiger partial charge on any atom is -0.0588 e. The lowest BCUT2D eigenvalue weighted by molar-refractivity contribution is 1.42. The highest BCUT2D eigenvalue weighted by atomic mass is 14.2. The van der Waals surface area contributed by atoms with Crippen molar-refractivity contribution in [1.82, 2.24) is 0 Å². The molecule has 1 aliphatic carbocycles. The smallest absolute Gasteiger partial charge is 0.00146 e. The van der Waals surface area contributed by atoms with Gasteiger partial charge in [0.05, 0.1) is 0 Å². The molecule has 0 saturated carbocycles. The van der Waals surface area contributed by atoms with Gasteiger partial charge in [0.25, 0.3) is 0 Å². The molecule has 46 valence electrons. The SMILES string of the molecule is Cc1ccc(C)c2c1C2. The van der Waals surface area contributed by atoms with Crippen molar-refractivity contribution in [2.24, 2.45) is 0 Å². The van der Waals surface area contributed by atoms with Gasteiger partial charge in [-0.2, -0.15) is 0 Å². The molecule has 0 atom stereocenters. The monoisotopic (exact) mass is 118 g/mol. The highest BCUT2D eigenvalue weighted by Crippen LogP contribution is 2.33. The van der Waals surface area contributed by atoms with Crippen molar-refractivity contribution in [3.63, 3.8) is 0 Å². The number of hydrogen-bond acceptors (Lipinski definition) is 0. The summed E-state index contributed by atoms with van der Waals surface area (Å²) in [6.07, 6.45) is 1.25. The second-order valence-electron chi connectivity index (χ2n) is 2.83. The summed E-state index contributed by atoms with van der Waals surface area (Å²) in [6.45, 7) is 4.37. The van der Waals surface area contributed by atoms with Crippen LogP contribution in [0.2, 0.25) is 0 Å². The van der Waals surface area contributed by atoms with Gasteiger partial charge in [0.1, 0.15) is 0 Å². The number of aryl methyl sites for hydroxylation is 2. The van der Waals surface area contributed by atoms with Gasteiger partial charge in [-0.05, 0) is 42.5 Å². The molecule has 0 spiro atoms. The van der Waals surface area contributed by atoms with Gasteiger partial charge in [-0.25, -0.2) is 0 Å². The molecular weight excluding hydrogens is 108 g/mol. The molecule has 0 unspecified atom stereocenters. The van der Waals surface area contributed by atoms with Gasteiger partial charge in [0, 0.05) is 0 Å². The summed E-state index contributed by atoms with van der Waals surface area (Å²) in [4.78, 5) is 0. The van der Waals surface area contributed by atoms with Crippen LogP contribution in [0.1, 0.15) is 22.3 Å². The van der Waals surface area contributed by atoms with Gasteiger partial charge in [0.2, 0.25) is 0 Å². The van der Waals surface area contributed by atoms with Gasteiger partial charge in [-0.1, -0.05) is 12.1 Å². The van der Waals surface area contributed by atoms with Crippen molar-refractivity contribution < 1.29 is 0 Å². The van der Waals surface area contributed by atoms with Gasteiger partial charge in [-0.15, -0.1) is 0 Å². The van der Waals surface area contributed by atoms with Crippen LogP contribution in [0.4, 0.5) is 0 Å². The third-order valence-corrected chi connectivity index (χ3v) is 2.13. The van der Waals surface area contributed by atoms with Crippen molar-refractivity contribution in [2.45, 2.75) is 20.3 Å². The van der Waals surface area contributed by atoms with E-state index in [-0.39, 0.29) is 0 Å². The molecule has 0 heterocycles. The van der Waals surface area contributed by atoms with E-state index in [1.54, 1.807) is 11.1 Å². The van der Waals surface area contributed by atoms with Crippen molar-refractivity contribution in [2.75, 3.05) is 0 Å². The quantitative estimate of drug-likeness (QED) is 0.497. The Balaban J connectivity index is 2.68. The fraction of sp³-hybridized carbons (Fsp3) is 0.333. The first-order valence-corrected chi connectivity index (χ1v) is 3.37. The maximum absolute atomic E-state index is 2.21. The highest BCUT2D eigenvalue weighted by Gasteiger charge is 2.20. The van der Waals surface area contributed by atoms with Gasteiger partial charge in [-0.3, -0.25) is 0 Å². The molecule has 0 bridgehead atoms. The van der Waals surface area contributed by atoms with Crippen LogP contribution in [0.25, 0.3) is 0 Å². The minimum absolute atomic E-state index is 1.25. The van der Waals surface area contributed by atoms with E-state index in [0.717, 1.165) is 0 Å². The van der Waals surface area contributed by atoms with Crippen molar-refractivity contribution in [1.29, 1.82) is 0 Å². The van der Waals surface area contributed by atoms with E-state index in [2.05, 4.69) is 26.0 Å². The van der Waals surface area contributed by atoms with E-state index in [4.69, 9.17) is 0 Å². The summed E-state index contributed by atoms with van der Waals surface area (Å²) in [6, 6.07) is 4.42. The Morgan fingerprint density at radius 3 is 1.89 bits per heavy atom. The average molecular weight is 118 g/mol. The lowest BCUT2D eigenvalue weighted by Gasteiger charge is -1.89. The summed E-state index contributed by atoms with van der Waals surface area (Å²) < 4.78 is 0. The Hall–Kier alpha value is -0.780. The second kappa shape index (κ2) is 1.38. The first-order valence-electron chi connectivity index (χ1n) is 3.37. The van der Waals surface area contributed by atoms with E-state index in [9.17, 15) is 0 Å². The van der Waals surface area contributed by atoms with Crippen LogP contribution in [-0.2, 0) is 6.42 Å². The fourth-order valence-corrected chi connectivity index (χ4v) is 1.34. The molecule has 1 aliphatic rings. The number of hydrogen-bond donors (Lipinski definition) is 0. The topological polar surface area (TPSA) is 0 Å². The third-order valence-electron chi connectivity index (χ3n) is 2.13. The lowest BCUT2D eigenvalue weighted by Crippen LogP contribution is -1.71. The third kappa shape index (κ3) is 0.593. The molecule has 2 rings (SSSR count). The predicted molar refractivity (Wildman–Crippen MR) is 38.7 cm³/mol. The van der Waals surface area contributed by atoms with Crippen LogP contribution in [0, 0.1) is 13.8 Å². The largest absolute Gasteiger partial charge is 0.0588 e. The summed E-state index contributed by atoms with van der Waals surface area (Å²) >= 11 is 0. The number of rotatable bonds is 0. The zero-order chi connectivity index (χ0) is 6.43. The Morgan fingerprint density at radius 2 is 1.44 bits per heavy atom. The molecule has 0 heteroatoms. The molecule has 0 aliphatic heterocycles. The average Bonchev–Trinajstić information content (AvgIpc) is 2.57. The standard InChI is InChI=1S/C9H10/c1-6-3-4-7(2)9-5-8(6)9/h3-4H,5H2,1-2H3. The molecule has 0 N–H and O–H groups in total. The van der Waals surface area contributed by atoms with Gasteiger partial charge < -0.3 is 0 Å². The normalized spacial score (nSPS) is 13.1.